The number of sulfone groups is 1. The minimum atomic E-state index is -3.55. The van der Waals surface area contributed by atoms with E-state index in [4.69, 9.17) is 5.11 Å². The first-order chi connectivity index (χ1) is 9.11. The summed E-state index contributed by atoms with van der Waals surface area (Å²) >= 11 is 0. The second-order valence-electron chi connectivity index (χ2n) is 4.35. The Morgan fingerprint density at radius 2 is 2.10 bits per heavy atom. The van der Waals surface area contributed by atoms with Crippen molar-refractivity contribution in [1.29, 1.82) is 0 Å². The summed E-state index contributed by atoms with van der Waals surface area (Å²) < 4.78 is 22.7. The van der Waals surface area contributed by atoms with Gasteiger partial charge in [-0.1, -0.05) is 0 Å². The van der Waals surface area contributed by atoms with Crippen LogP contribution in [-0.2, 0) is 14.6 Å². The molecule has 0 radical (unpaired) electrons. The van der Waals surface area contributed by atoms with Crippen LogP contribution in [0.4, 0.5) is 11.4 Å². The molecule has 0 saturated carbocycles. The van der Waals surface area contributed by atoms with E-state index < -0.39 is 32.5 Å². The number of carbonyl (C=O) groups is 1. The third-order valence-electron chi connectivity index (χ3n) is 2.48. The monoisotopic (exact) mass is 302 g/mol. The maximum atomic E-state index is 11.4. The van der Waals surface area contributed by atoms with Gasteiger partial charge in [-0.15, -0.1) is 0 Å². The number of nitro groups is 1. The molecule has 2 N–H and O–H groups in total. The molecule has 0 aliphatic heterocycles. The van der Waals surface area contributed by atoms with Crippen LogP contribution >= 0.6 is 0 Å². The number of carboxylic acid groups (broad SMARTS) is 1. The summed E-state index contributed by atoms with van der Waals surface area (Å²) in [7, 11) is -3.55. The molecular formula is C11H14N2O6S. The molecule has 1 rings (SSSR count). The van der Waals surface area contributed by atoms with Gasteiger partial charge in [-0.3, -0.25) is 14.9 Å². The molecule has 8 nitrogen and oxygen atoms in total. The largest absolute Gasteiger partial charge is 0.481 e. The van der Waals surface area contributed by atoms with E-state index in [9.17, 15) is 23.3 Å². The van der Waals surface area contributed by atoms with Gasteiger partial charge in [0.15, 0.2) is 9.84 Å². The van der Waals surface area contributed by atoms with Gasteiger partial charge in [0.05, 0.1) is 16.2 Å². The van der Waals surface area contributed by atoms with Crippen LogP contribution in [0.15, 0.2) is 23.1 Å². The van der Waals surface area contributed by atoms with E-state index in [1.165, 1.54) is 12.1 Å². The van der Waals surface area contributed by atoms with E-state index in [2.05, 4.69) is 5.32 Å². The van der Waals surface area contributed by atoms with Gasteiger partial charge in [0.25, 0.3) is 5.69 Å². The smallest absolute Gasteiger partial charge is 0.305 e. The Morgan fingerprint density at radius 1 is 1.50 bits per heavy atom. The first kappa shape index (κ1) is 15.9. The molecule has 0 amide bonds. The summed E-state index contributed by atoms with van der Waals surface area (Å²) in [5.74, 6) is -1.04. The first-order valence-electron chi connectivity index (χ1n) is 5.58. The van der Waals surface area contributed by atoms with Crippen LogP contribution < -0.4 is 5.32 Å². The third-order valence-corrected chi connectivity index (χ3v) is 3.59. The van der Waals surface area contributed by atoms with Gasteiger partial charge in [0, 0.05) is 18.4 Å². The zero-order valence-corrected chi connectivity index (χ0v) is 11.7. The Morgan fingerprint density at radius 3 is 2.55 bits per heavy atom. The predicted octanol–water partition coefficient (Wildman–Crippen LogP) is 1.27. The Kier molecular flexibility index (Phi) is 4.66. The molecule has 0 fully saturated rings. The molecule has 20 heavy (non-hydrogen) atoms. The van der Waals surface area contributed by atoms with Crippen LogP contribution in [-0.4, -0.2) is 36.7 Å². The molecule has 0 saturated heterocycles. The highest BCUT2D eigenvalue weighted by Gasteiger charge is 2.20. The summed E-state index contributed by atoms with van der Waals surface area (Å²) in [4.78, 5) is 20.6. The van der Waals surface area contributed by atoms with E-state index in [1.54, 1.807) is 6.92 Å². The minimum Gasteiger partial charge on any atom is -0.481 e. The molecule has 1 aromatic rings. The SMILES string of the molecule is CC(CC(=O)O)Nc1ccc(S(C)(=O)=O)cc1[N+](=O)[O-]. The average Bonchev–Trinajstić information content (AvgIpc) is 2.26. The van der Waals surface area contributed by atoms with Crippen LogP contribution in [0.2, 0.25) is 0 Å². The number of nitrogens with one attached hydrogen (secondary N) is 1. The van der Waals surface area contributed by atoms with E-state index in [0.29, 0.717) is 0 Å². The molecule has 0 heterocycles. The molecule has 0 aromatic heterocycles. The number of aliphatic carboxylic acids is 1. The van der Waals surface area contributed by atoms with Crippen molar-refractivity contribution in [2.24, 2.45) is 0 Å². The van der Waals surface area contributed by atoms with Gasteiger partial charge >= 0.3 is 5.97 Å². The standard InChI is InChI=1S/C11H14N2O6S/c1-7(5-11(14)15)12-9-4-3-8(20(2,18)19)6-10(9)13(16)17/h3-4,6-7,12H,5H2,1-2H3,(H,14,15). The molecule has 0 spiro atoms. The van der Waals surface area contributed by atoms with Gasteiger partial charge in [-0.2, -0.15) is 0 Å². The highest BCUT2D eigenvalue weighted by atomic mass is 32.2. The topological polar surface area (TPSA) is 127 Å². The summed E-state index contributed by atoms with van der Waals surface area (Å²) in [6.45, 7) is 1.56. The van der Waals surface area contributed by atoms with Crippen molar-refractivity contribution in [3.05, 3.63) is 28.3 Å². The third kappa shape index (κ3) is 4.19. The number of rotatable bonds is 6. The molecule has 110 valence electrons. The summed E-state index contributed by atoms with van der Waals surface area (Å²) in [6.07, 6.45) is 0.733. The quantitative estimate of drug-likeness (QED) is 0.598. The summed E-state index contributed by atoms with van der Waals surface area (Å²) in [6, 6.07) is 2.91. The number of benzene rings is 1. The average molecular weight is 302 g/mol. The van der Waals surface area contributed by atoms with Crippen LogP contribution in [0.5, 0.6) is 0 Å². The second kappa shape index (κ2) is 5.87. The zero-order valence-electron chi connectivity index (χ0n) is 10.9. The van der Waals surface area contributed by atoms with E-state index in [-0.39, 0.29) is 17.0 Å². The van der Waals surface area contributed by atoms with Gasteiger partial charge in [-0.05, 0) is 19.1 Å². The number of anilines is 1. The lowest BCUT2D eigenvalue weighted by Crippen LogP contribution is -2.20. The van der Waals surface area contributed by atoms with Gasteiger partial charge in [0.1, 0.15) is 5.69 Å². The number of carboxylic acids is 1. The lowest BCUT2D eigenvalue weighted by atomic mass is 10.2. The normalized spacial score (nSPS) is 12.7. The summed E-state index contributed by atoms with van der Waals surface area (Å²) in [5.41, 5.74) is -0.332. The fourth-order valence-electron chi connectivity index (χ4n) is 1.59. The molecule has 1 aromatic carbocycles. The fourth-order valence-corrected chi connectivity index (χ4v) is 2.23. The minimum absolute atomic E-state index is 0.0798. The molecule has 0 bridgehead atoms. The Labute approximate surface area is 115 Å². The number of hydrogen-bond acceptors (Lipinski definition) is 6. The van der Waals surface area contributed by atoms with Crippen LogP contribution in [0, 0.1) is 10.1 Å². The first-order valence-corrected chi connectivity index (χ1v) is 7.47. The maximum Gasteiger partial charge on any atom is 0.305 e. The van der Waals surface area contributed by atoms with Crippen molar-refractivity contribution in [2.75, 3.05) is 11.6 Å². The van der Waals surface area contributed by atoms with Crippen LogP contribution in [0.1, 0.15) is 13.3 Å². The van der Waals surface area contributed by atoms with E-state index >= 15 is 0 Å². The zero-order chi connectivity index (χ0) is 15.5. The molecule has 9 heteroatoms. The maximum absolute atomic E-state index is 11.4. The lowest BCUT2D eigenvalue weighted by Gasteiger charge is -2.13. The highest BCUT2D eigenvalue weighted by molar-refractivity contribution is 7.90. The Bertz CT molecular complexity index is 640. The van der Waals surface area contributed by atoms with Crippen molar-refractivity contribution in [3.63, 3.8) is 0 Å². The molecule has 0 aliphatic carbocycles. The van der Waals surface area contributed by atoms with E-state index in [1.807, 2.05) is 0 Å². The lowest BCUT2D eigenvalue weighted by molar-refractivity contribution is -0.384. The Balaban J connectivity index is 3.15. The number of hydrogen-bond donors (Lipinski definition) is 2. The fraction of sp³-hybridized carbons (Fsp3) is 0.364. The molecule has 1 atom stereocenters. The second-order valence-corrected chi connectivity index (χ2v) is 6.37. The van der Waals surface area contributed by atoms with Crippen LogP contribution in [0.3, 0.4) is 0 Å². The number of nitro benzene ring substituents is 1. The van der Waals surface area contributed by atoms with Crippen molar-refractivity contribution in [2.45, 2.75) is 24.3 Å². The van der Waals surface area contributed by atoms with Crippen molar-refractivity contribution >= 4 is 27.2 Å². The van der Waals surface area contributed by atoms with Gasteiger partial charge < -0.3 is 10.4 Å². The molecule has 1 unspecified atom stereocenters. The highest BCUT2D eigenvalue weighted by Crippen LogP contribution is 2.28. The molecular weight excluding hydrogens is 288 g/mol. The van der Waals surface area contributed by atoms with Gasteiger partial charge in [-0.25, -0.2) is 8.42 Å². The van der Waals surface area contributed by atoms with Crippen molar-refractivity contribution in [3.8, 4) is 0 Å². The van der Waals surface area contributed by atoms with Gasteiger partial charge in [0.2, 0.25) is 0 Å². The summed E-state index contributed by atoms with van der Waals surface area (Å²) in [5, 5.41) is 22.3. The van der Waals surface area contributed by atoms with Crippen molar-refractivity contribution in [1.82, 2.24) is 0 Å². The molecule has 0 aliphatic rings. The number of nitrogens with zero attached hydrogens (tertiary/aromatic N) is 1. The van der Waals surface area contributed by atoms with E-state index in [0.717, 1.165) is 12.3 Å². The predicted molar refractivity (Wildman–Crippen MR) is 71.5 cm³/mol. The Hall–Kier alpha value is -2.16. The van der Waals surface area contributed by atoms with Crippen LogP contribution in [0.25, 0.3) is 0 Å². The van der Waals surface area contributed by atoms with Crippen molar-refractivity contribution < 1.29 is 23.2 Å².